The molecular formula is C13H19NO3. The van der Waals surface area contributed by atoms with Gasteiger partial charge in [-0.05, 0) is 30.9 Å². The maximum atomic E-state index is 10.5. The first kappa shape index (κ1) is 13.7. The van der Waals surface area contributed by atoms with Crippen molar-refractivity contribution >= 4 is 5.97 Å². The molecule has 17 heavy (non-hydrogen) atoms. The molecular weight excluding hydrogens is 218 g/mol. The van der Waals surface area contributed by atoms with Crippen LogP contribution >= 0.6 is 0 Å². The number of carboxylic acid groups (broad SMARTS) is 1. The molecule has 0 saturated carbocycles. The maximum Gasteiger partial charge on any atom is 0.303 e. The minimum absolute atomic E-state index is 0.0597. The van der Waals surface area contributed by atoms with Crippen molar-refractivity contribution in [3.63, 3.8) is 0 Å². The van der Waals surface area contributed by atoms with E-state index in [2.05, 4.69) is 0 Å². The third-order valence-electron chi connectivity index (χ3n) is 2.64. The lowest BCUT2D eigenvalue weighted by Gasteiger charge is -2.16. The molecule has 0 heterocycles. The predicted molar refractivity (Wildman–Crippen MR) is 65.6 cm³/mol. The number of rotatable bonds is 6. The summed E-state index contributed by atoms with van der Waals surface area (Å²) in [5, 5.41) is 18.0. The third-order valence-corrected chi connectivity index (χ3v) is 2.64. The second-order valence-corrected chi connectivity index (χ2v) is 4.29. The van der Waals surface area contributed by atoms with Gasteiger partial charge < -0.3 is 15.9 Å². The molecule has 0 aliphatic carbocycles. The molecule has 2 atom stereocenters. The average Bonchev–Trinajstić information content (AvgIpc) is 2.25. The summed E-state index contributed by atoms with van der Waals surface area (Å²) in [5.74, 6) is -0.839. The number of benzene rings is 1. The monoisotopic (exact) mass is 237 g/mol. The molecule has 0 aromatic heterocycles. The molecule has 0 radical (unpaired) electrons. The fourth-order valence-corrected chi connectivity index (χ4v) is 1.83. The van der Waals surface area contributed by atoms with Crippen molar-refractivity contribution < 1.29 is 15.0 Å². The van der Waals surface area contributed by atoms with Gasteiger partial charge in [0.2, 0.25) is 0 Å². The van der Waals surface area contributed by atoms with Gasteiger partial charge in [-0.15, -0.1) is 0 Å². The van der Waals surface area contributed by atoms with Crippen molar-refractivity contribution in [3.05, 3.63) is 35.4 Å². The van der Waals surface area contributed by atoms with E-state index in [9.17, 15) is 9.90 Å². The van der Waals surface area contributed by atoms with Gasteiger partial charge in [0.15, 0.2) is 0 Å². The lowest BCUT2D eigenvalue weighted by Crippen LogP contribution is -2.16. The Hall–Kier alpha value is -1.39. The van der Waals surface area contributed by atoms with E-state index < -0.39 is 12.1 Å². The Bertz CT molecular complexity index is 377. The Morgan fingerprint density at radius 3 is 2.65 bits per heavy atom. The molecule has 1 aromatic rings. The van der Waals surface area contributed by atoms with E-state index in [0.29, 0.717) is 12.8 Å². The topological polar surface area (TPSA) is 83.5 Å². The van der Waals surface area contributed by atoms with Gasteiger partial charge in [0.05, 0.1) is 6.10 Å². The van der Waals surface area contributed by atoms with Crippen LogP contribution in [0.15, 0.2) is 24.3 Å². The molecule has 0 spiro atoms. The molecule has 0 amide bonds. The van der Waals surface area contributed by atoms with E-state index >= 15 is 0 Å². The number of carboxylic acids is 1. The molecule has 4 nitrogen and oxygen atoms in total. The van der Waals surface area contributed by atoms with Gasteiger partial charge in [-0.2, -0.15) is 0 Å². The summed E-state index contributed by atoms with van der Waals surface area (Å²) in [5.41, 5.74) is 7.89. The summed E-state index contributed by atoms with van der Waals surface area (Å²) in [4.78, 5) is 10.5. The molecule has 0 fully saturated rings. The van der Waals surface area contributed by atoms with Crippen LogP contribution in [0, 0.1) is 0 Å². The van der Waals surface area contributed by atoms with Crippen molar-refractivity contribution in [1.29, 1.82) is 0 Å². The Labute approximate surface area is 101 Å². The van der Waals surface area contributed by atoms with Gasteiger partial charge in [0, 0.05) is 12.5 Å². The Kier molecular flexibility index (Phi) is 5.12. The fraction of sp³-hybridized carbons (Fsp3) is 0.462. The fourth-order valence-electron chi connectivity index (χ4n) is 1.83. The van der Waals surface area contributed by atoms with E-state index in [0.717, 1.165) is 11.1 Å². The minimum atomic E-state index is -0.839. The molecule has 0 saturated heterocycles. The van der Waals surface area contributed by atoms with Crippen LogP contribution in [0.5, 0.6) is 0 Å². The molecule has 4 heteroatoms. The molecule has 0 bridgehead atoms. The Morgan fingerprint density at radius 1 is 1.41 bits per heavy atom. The number of carbonyl (C=O) groups is 1. The normalized spacial score (nSPS) is 14.3. The van der Waals surface area contributed by atoms with E-state index in [1.54, 1.807) is 6.92 Å². The first-order valence-corrected chi connectivity index (χ1v) is 5.74. The largest absolute Gasteiger partial charge is 0.481 e. The Morgan fingerprint density at radius 2 is 2.06 bits per heavy atom. The summed E-state index contributed by atoms with van der Waals surface area (Å²) in [6.45, 7) is 1.72. The SMILES string of the molecule is CC(O)Cc1ccccc1C(N)CCC(=O)O. The van der Waals surface area contributed by atoms with E-state index in [1.807, 2.05) is 24.3 Å². The highest BCUT2D eigenvalue weighted by Crippen LogP contribution is 2.21. The van der Waals surface area contributed by atoms with Crippen LogP contribution in [0.1, 0.15) is 36.9 Å². The van der Waals surface area contributed by atoms with Crippen LogP contribution in [-0.2, 0) is 11.2 Å². The summed E-state index contributed by atoms with van der Waals surface area (Å²) in [7, 11) is 0. The van der Waals surface area contributed by atoms with Crippen LogP contribution in [0.2, 0.25) is 0 Å². The molecule has 0 aliphatic heterocycles. The van der Waals surface area contributed by atoms with Gasteiger partial charge in [-0.25, -0.2) is 0 Å². The second kappa shape index (κ2) is 6.37. The average molecular weight is 237 g/mol. The zero-order valence-corrected chi connectivity index (χ0v) is 9.97. The van der Waals surface area contributed by atoms with Crippen LogP contribution in [0.4, 0.5) is 0 Å². The number of hydrogen-bond donors (Lipinski definition) is 3. The molecule has 2 unspecified atom stereocenters. The standard InChI is InChI=1S/C13H19NO3/c1-9(15)8-10-4-2-3-5-11(10)12(14)6-7-13(16)17/h2-5,9,12,15H,6-8,14H2,1H3,(H,16,17). The first-order chi connectivity index (χ1) is 8.00. The third kappa shape index (κ3) is 4.54. The number of hydrogen-bond acceptors (Lipinski definition) is 3. The van der Waals surface area contributed by atoms with Gasteiger partial charge >= 0.3 is 5.97 Å². The van der Waals surface area contributed by atoms with Crippen LogP contribution in [-0.4, -0.2) is 22.3 Å². The van der Waals surface area contributed by atoms with Gasteiger partial charge in [0.1, 0.15) is 0 Å². The zero-order valence-electron chi connectivity index (χ0n) is 9.97. The summed E-state index contributed by atoms with van der Waals surface area (Å²) < 4.78 is 0. The quantitative estimate of drug-likeness (QED) is 0.699. The summed E-state index contributed by atoms with van der Waals surface area (Å²) in [6, 6.07) is 7.29. The van der Waals surface area contributed by atoms with Crippen molar-refractivity contribution in [3.8, 4) is 0 Å². The molecule has 0 aliphatic rings. The van der Waals surface area contributed by atoms with E-state index in [1.165, 1.54) is 0 Å². The van der Waals surface area contributed by atoms with Gasteiger partial charge in [0.25, 0.3) is 0 Å². The highest BCUT2D eigenvalue weighted by molar-refractivity contribution is 5.66. The Balaban J connectivity index is 2.77. The van der Waals surface area contributed by atoms with Gasteiger partial charge in [-0.1, -0.05) is 24.3 Å². The van der Waals surface area contributed by atoms with E-state index in [-0.39, 0.29) is 12.5 Å². The highest BCUT2D eigenvalue weighted by Gasteiger charge is 2.13. The lowest BCUT2D eigenvalue weighted by atomic mass is 9.94. The number of nitrogens with two attached hydrogens (primary N) is 1. The van der Waals surface area contributed by atoms with Crippen LogP contribution in [0.3, 0.4) is 0 Å². The van der Waals surface area contributed by atoms with Gasteiger partial charge in [-0.3, -0.25) is 4.79 Å². The number of aliphatic hydroxyl groups excluding tert-OH is 1. The van der Waals surface area contributed by atoms with Crippen LogP contribution < -0.4 is 5.73 Å². The smallest absolute Gasteiger partial charge is 0.303 e. The first-order valence-electron chi connectivity index (χ1n) is 5.74. The molecule has 1 aromatic carbocycles. The van der Waals surface area contributed by atoms with Crippen LogP contribution in [0.25, 0.3) is 0 Å². The zero-order chi connectivity index (χ0) is 12.8. The second-order valence-electron chi connectivity index (χ2n) is 4.29. The lowest BCUT2D eigenvalue weighted by molar-refractivity contribution is -0.137. The molecule has 4 N–H and O–H groups in total. The van der Waals surface area contributed by atoms with Crippen molar-refractivity contribution in [2.45, 2.75) is 38.3 Å². The minimum Gasteiger partial charge on any atom is -0.481 e. The van der Waals surface area contributed by atoms with Crippen molar-refractivity contribution in [1.82, 2.24) is 0 Å². The summed E-state index contributed by atoms with van der Waals surface area (Å²) >= 11 is 0. The number of aliphatic carboxylic acids is 1. The molecule has 94 valence electrons. The summed E-state index contributed by atoms with van der Waals surface area (Å²) in [6.07, 6.45) is 0.579. The molecule has 1 rings (SSSR count). The highest BCUT2D eigenvalue weighted by atomic mass is 16.4. The maximum absolute atomic E-state index is 10.5. The number of aliphatic hydroxyl groups is 1. The predicted octanol–water partition coefficient (Wildman–Crippen LogP) is 1.47. The van der Waals surface area contributed by atoms with Crippen molar-refractivity contribution in [2.75, 3.05) is 0 Å². The van der Waals surface area contributed by atoms with Crippen molar-refractivity contribution in [2.24, 2.45) is 5.73 Å². The van der Waals surface area contributed by atoms with E-state index in [4.69, 9.17) is 10.8 Å².